The van der Waals surface area contributed by atoms with Gasteiger partial charge in [-0.1, -0.05) is 57.9 Å². The van der Waals surface area contributed by atoms with Gasteiger partial charge in [-0.2, -0.15) is 0 Å². The Balaban J connectivity index is 1.96. The Morgan fingerprint density at radius 3 is 2.50 bits per heavy atom. The standard InChI is InChI=1S/C16H18BrN/c1-12-6-8-14(9-7-12)11-18-13(2)15-4-3-5-16(17)10-15/h3-10,13,18H,11H2,1-2H3/t13-/m1/s1. The third kappa shape index (κ3) is 3.69. The van der Waals surface area contributed by atoms with Crippen molar-refractivity contribution in [3.8, 4) is 0 Å². The van der Waals surface area contributed by atoms with Gasteiger partial charge in [0.2, 0.25) is 0 Å². The van der Waals surface area contributed by atoms with Crippen LogP contribution in [0.2, 0.25) is 0 Å². The molecule has 0 amide bonds. The Bertz CT molecular complexity index is 505. The van der Waals surface area contributed by atoms with Crippen LogP contribution in [0.25, 0.3) is 0 Å². The van der Waals surface area contributed by atoms with Crippen LogP contribution < -0.4 is 5.32 Å². The Labute approximate surface area is 117 Å². The largest absolute Gasteiger partial charge is 0.306 e. The Morgan fingerprint density at radius 2 is 1.83 bits per heavy atom. The van der Waals surface area contributed by atoms with Gasteiger partial charge in [-0.15, -0.1) is 0 Å². The van der Waals surface area contributed by atoms with Crippen molar-refractivity contribution in [2.75, 3.05) is 0 Å². The summed E-state index contributed by atoms with van der Waals surface area (Å²) in [6.07, 6.45) is 0. The van der Waals surface area contributed by atoms with E-state index in [0.29, 0.717) is 6.04 Å². The van der Waals surface area contributed by atoms with Gasteiger partial charge >= 0.3 is 0 Å². The van der Waals surface area contributed by atoms with Crippen molar-refractivity contribution in [3.63, 3.8) is 0 Å². The Hall–Kier alpha value is -1.12. The molecule has 1 N–H and O–H groups in total. The van der Waals surface area contributed by atoms with E-state index in [1.807, 2.05) is 0 Å². The number of rotatable bonds is 4. The molecule has 18 heavy (non-hydrogen) atoms. The highest BCUT2D eigenvalue weighted by molar-refractivity contribution is 9.10. The summed E-state index contributed by atoms with van der Waals surface area (Å²) in [5, 5.41) is 3.54. The molecule has 0 aliphatic heterocycles. The molecule has 0 spiro atoms. The van der Waals surface area contributed by atoms with Gasteiger partial charge in [-0.3, -0.25) is 0 Å². The third-order valence-corrected chi connectivity index (χ3v) is 3.57. The molecule has 94 valence electrons. The van der Waals surface area contributed by atoms with E-state index in [0.717, 1.165) is 11.0 Å². The number of hydrogen-bond donors (Lipinski definition) is 1. The van der Waals surface area contributed by atoms with Crippen LogP contribution in [0, 0.1) is 6.92 Å². The van der Waals surface area contributed by atoms with Gasteiger partial charge in [0.25, 0.3) is 0 Å². The van der Waals surface area contributed by atoms with Crippen molar-refractivity contribution >= 4 is 15.9 Å². The predicted octanol–water partition coefficient (Wildman–Crippen LogP) is 4.61. The first-order valence-electron chi connectivity index (χ1n) is 6.19. The smallest absolute Gasteiger partial charge is 0.0295 e. The maximum Gasteiger partial charge on any atom is 0.0295 e. The summed E-state index contributed by atoms with van der Waals surface area (Å²) in [5.41, 5.74) is 3.93. The molecule has 1 atom stereocenters. The van der Waals surface area contributed by atoms with E-state index < -0.39 is 0 Å². The molecule has 2 aromatic carbocycles. The van der Waals surface area contributed by atoms with Gasteiger partial charge in [-0.05, 0) is 37.1 Å². The molecule has 2 rings (SSSR count). The van der Waals surface area contributed by atoms with E-state index in [9.17, 15) is 0 Å². The minimum atomic E-state index is 0.351. The van der Waals surface area contributed by atoms with Crippen LogP contribution in [-0.4, -0.2) is 0 Å². The van der Waals surface area contributed by atoms with Crippen molar-refractivity contribution < 1.29 is 0 Å². The molecule has 0 unspecified atom stereocenters. The summed E-state index contributed by atoms with van der Waals surface area (Å²) >= 11 is 3.51. The Kier molecular flexibility index (Phi) is 4.56. The van der Waals surface area contributed by atoms with Crippen molar-refractivity contribution in [2.24, 2.45) is 0 Å². The lowest BCUT2D eigenvalue weighted by molar-refractivity contribution is 0.574. The molecule has 2 heteroatoms. The number of aryl methyl sites for hydroxylation is 1. The lowest BCUT2D eigenvalue weighted by Crippen LogP contribution is -2.17. The molecule has 0 aromatic heterocycles. The summed E-state index contributed by atoms with van der Waals surface area (Å²) in [6, 6.07) is 17.4. The molecule has 0 fully saturated rings. The van der Waals surface area contributed by atoms with Crippen LogP contribution in [-0.2, 0) is 6.54 Å². The van der Waals surface area contributed by atoms with E-state index in [1.54, 1.807) is 0 Å². The zero-order chi connectivity index (χ0) is 13.0. The summed E-state index contributed by atoms with van der Waals surface area (Å²) < 4.78 is 1.13. The van der Waals surface area contributed by atoms with Crippen molar-refractivity contribution in [1.29, 1.82) is 0 Å². The SMILES string of the molecule is Cc1ccc(CN[C@H](C)c2cccc(Br)c2)cc1. The third-order valence-electron chi connectivity index (χ3n) is 3.08. The molecule has 0 radical (unpaired) electrons. The quantitative estimate of drug-likeness (QED) is 0.870. The van der Waals surface area contributed by atoms with Gasteiger partial charge in [0.1, 0.15) is 0 Å². The minimum Gasteiger partial charge on any atom is -0.306 e. The zero-order valence-electron chi connectivity index (χ0n) is 10.8. The molecule has 0 aliphatic carbocycles. The fourth-order valence-electron chi connectivity index (χ4n) is 1.87. The van der Waals surface area contributed by atoms with E-state index in [1.165, 1.54) is 16.7 Å². The van der Waals surface area contributed by atoms with Gasteiger partial charge in [0.15, 0.2) is 0 Å². The Morgan fingerprint density at radius 1 is 1.11 bits per heavy atom. The van der Waals surface area contributed by atoms with E-state index in [4.69, 9.17) is 0 Å². The zero-order valence-corrected chi connectivity index (χ0v) is 12.4. The van der Waals surface area contributed by atoms with Gasteiger partial charge in [0, 0.05) is 17.1 Å². The highest BCUT2D eigenvalue weighted by atomic mass is 79.9. The maximum atomic E-state index is 3.54. The van der Waals surface area contributed by atoms with Crippen LogP contribution >= 0.6 is 15.9 Å². The number of nitrogens with one attached hydrogen (secondary N) is 1. The van der Waals surface area contributed by atoms with Gasteiger partial charge in [-0.25, -0.2) is 0 Å². The molecule has 1 nitrogen and oxygen atoms in total. The van der Waals surface area contributed by atoms with E-state index >= 15 is 0 Å². The lowest BCUT2D eigenvalue weighted by atomic mass is 10.1. The van der Waals surface area contributed by atoms with Gasteiger partial charge in [0.05, 0.1) is 0 Å². The van der Waals surface area contributed by atoms with E-state index in [-0.39, 0.29) is 0 Å². The minimum absolute atomic E-state index is 0.351. The molecular weight excluding hydrogens is 286 g/mol. The van der Waals surface area contributed by atoms with Crippen LogP contribution in [0.4, 0.5) is 0 Å². The van der Waals surface area contributed by atoms with Crippen LogP contribution in [0.15, 0.2) is 53.0 Å². The topological polar surface area (TPSA) is 12.0 Å². The van der Waals surface area contributed by atoms with Gasteiger partial charge < -0.3 is 5.32 Å². The average molecular weight is 304 g/mol. The van der Waals surface area contributed by atoms with E-state index in [2.05, 4.69) is 83.6 Å². The highest BCUT2D eigenvalue weighted by Gasteiger charge is 2.04. The molecule has 2 aromatic rings. The van der Waals surface area contributed by atoms with Crippen molar-refractivity contribution in [2.45, 2.75) is 26.4 Å². The average Bonchev–Trinajstić information content (AvgIpc) is 2.38. The second-order valence-corrected chi connectivity index (χ2v) is 5.56. The molecular formula is C16H18BrN. The number of benzene rings is 2. The summed E-state index contributed by atoms with van der Waals surface area (Å²) in [5.74, 6) is 0. The van der Waals surface area contributed by atoms with Crippen molar-refractivity contribution in [1.82, 2.24) is 5.32 Å². The number of hydrogen-bond acceptors (Lipinski definition) is 1. The first kappa shape index (κ1) is 13.3. The second-order valence-electron chi connectivity index (χ2n) is 4.64. The fraction of sp³-hybridized carbons (Fsp3) is 0.250. The second kappa shape index (κ2) is 6.17. The first-order valence-corrected chi connectivity index (χ1v) is 6.99. The maximum absolute atomic E-state index is 3.54. The normalized spacial score (nSPS) is 12.4. The predicted molar refractivity (Wildman–Crippen MR) is 80.6 cm³/mol. The lowest BCUT2D eigenvalue weighted by Gasteiger charge is -2.14. The first-order chi connectivity index (χ1) is 8.65. The summed E-state index contributed by atoms with van der Waals surface area (Å²) in [7, 11) is 0. The fourth-order valence-corrected chi connectivity index (χ4v) is 2.29. The monoisotopic (exact) mass is 303 g/mol. The summed E-state index contributed by atoms with van der Waals surface area (Å²) in [4.78, 5) is 0. The number of halogens is 1. The van der Waals surface area contributed by atoms with Crippen molar-refractivity contribution in [3.05, 3.63) is 69.7 Å². The molecule has 0 saturated heterocycles. The molecule has 0 bridgehead atoms. The van der Waals surface area contributed by atoms with Crippen LogP contribution in [0.3, 0.4) is 0 Å². The molecule has 0 saturated carbocycles. The molecule has 0 heterocycles. The molecule has 0 aliphatic rings. The van der Waals surface area contributed by atoms with Crippen LogP contribution in [0.5, 0.6) is 0 Å². The summed E-state index contributed by atoms with van der Waals surface area (Å²) in [6.45, 7) is 5.20. The van der Waals surface area contributed by atoms with Crippen LogP contribution in [0.1, 0.15) is 29.7 Å². The highest BCUT2D eigenvalue weighted by Crippen LogP contribution is 2.18.